The van der Waals surface area contributed by atoms with Gasteiger partial charge in [-0.2, -0.15) is 0 Å². The highest BCUT2D eigenvalue weighted by atomic mass is 79.9. The quantitative estimate of drug-likeness (QED) is 0.861. The molecule has 0 saturated heterocycles. The Morgan fingerprint density at radius 3 is 2.46 bits per heavy atom. The third-order valence-corrected chi connectivity index (χ3v) is 2.65. The smallest absolute Gasteiger partial charge is 0.0433 e. The number of aliphatic hydroxyl groups is 1. The first kappa shape index (κ1) is 10.7. The van der Waals surface area contributed by atoms with Gasteiger partial charge in [-0.3, -0.25) is 0 Å². The number of hydrogen-bond acceptors (Lipinski definition) is 1. The first-order chi connectivity index (χ1) is 6.22. The van der Waals surface area contributed by atoms with Crippen LogP contribution in [-0.2, 0) is 6.42 Å². The summed E-state index contributed by atoms with van der Waals surface area (Å²) in [6.45, 7) is 2.45. The summed E-state index contributed by atoms with van der Waals surface area (Å²) in [4.78, 5) is 0. The molecule has 0 saturated carbocycles. The molecule has 0 aromatic heterocycles. The maximum atomic E-state index is 8.75. The standard InChI is InChI=1S/C11H15BrO/c1-9(6-7-13)8-10-2-4-11(12)5-3-10/h2-5,9,13H,6-8H2,1H3. The molecule has 0 fully saturated rings. The van der Waals surface area contributed by atoms with Crippen molar-refractivity contribution in [2.24, 2.45) is 5.92 Å². The molecule has 1 unspecified atom stereocenters. The van der Waals surface area contributed by atoms with E-state index in [1.54, 1.807) is 0 Å². The highest BCUT2D eigenvalue weighted by Gasteiger charge is 2.02. The summed E-state index contributed by atoms with van der Waals surface area (Å²) in [7, 11) is 0. The molecule has 0 aliphatic heterocycles. The number of rotatable bonds is 4. The van der Waals surface area contributed by atoms with Gasteiger partial charge in [0.25, 0.3) is 0 Å². The monoisotopic (exact) mass is 242 g/mol. The Morgan fingerprint density at radius 2 is 1.92 bits per heavy atom. The molecule has 0 heterocycles. The normalized spacial score (nSPS) is 12.8. The van der Waals surface area contributed by atoms with Crippen molar-refractivity contribution in [1.82, 2.24) is 0 Å². The van der Waals surface area contributed by atoms with Crippen LogP contribution >= 0.6 is 15.9 Å². The molecule has 1 N–H and O–H groups in total. The Bertz CT molecular complexity index is 243. The largest absolute Gasteiger partial charge is 0.396 e. The van der Waals surface area contributed by atoms with Gasteiger partial charge in [0.1, 0.15) is 0 Å². The molecule has 1 aromatic rings. The lowest BCUT2D eigenvalue weighted by molar-refractivity contribution is 0.262. The van der Waals surface area contributed by atoms with Gasteiger partial charge in [-0.05, 0) is 36.5 Å². The van der Waals surface area contributed by atoms with Crippen LogP contribution in [0, 0.1) is 5.92 Å². The lowest BCUT2D eigenvalue weighted by Gasteiger charge is -2.09. The van der Waals surface area contributed by atoms with Gasteiger partial charge in [-0.1, -0.05) is 35.0 Å². The first-order valence-electron chi connectivity index (χ1n) is 4.57. The van der Waals surface area contributed by atoms with Crippen molar-refractivity contribution in [3.63, 3.8) is 0 Å². The fourth-order valence-electron chi connectivity index (χ4n) is 1.35. The molecule has 1 nitrogen and oxygen atoms in total. The van der Waals surface area contributed by atoms with Crippen molar-refractivity contribution in [2.45, 2.75) is 19.8 Å². The SMILES string of the molecule is CC(CCO)Cc1ccc(Br)cc1. The summed E-state index contributed by atoms with van der Waals surface area (Å²) in [5.74, 6) is 0.561. The summed E-state index contributed by atoms with van der Waals surface area (Å²) < 4.78 is 1.12. The summed E-state index contributed by atoms with van der Waals surface area (Å²) in [6, 6.07) is 8.36. The minimum atomic E-state index is 0.289. The highest BCUT2D eigenvalue weighted by Crippen LogP contribution is 2.15. The molecule has 0 spiro atoms. The molecule has 1 aromatic carbocycles. The number of halogens is 1. The molecular formula is C11H15BrO. The third-order valence-electron chi connectivity index (χ3n) is 2.12. The predicted octanol–water partition coefficient (Wildman–Crippen LogP) is 3.01. The maximum Gasteiger partial charge on any atom is 0.0433 e. The van der Waals surface area contributed by atoms with Crippen molar-refractivity contribution in [2.75, 3.05) is 6.61 Å². The van der Waals surface area contributed by atoms with E-state index in [-0.39, 0.29) is 6.61 Å². The molecule has 1 rings (SSSR count). The molecule has 1 atom stereocenters. The van der Waals surface area contributed by atoms with E-state index in [1.165, 1.54) is 5.56 Å². The second kappa shape index (κ2) is 5.40. The van der Waals surface area contributed by atoms with Crippen molar-refractivity contribution in [1.29, 1.82) is 0 Å². The van der Waals surface area contributed by atoms with Crippen LogP contribution in [0.4, 0.5) is 0 Å². The summed E-state index contributed by atoms with van der Waals surface area (Å²) in [5, 5.41) is 8.75. The molecule has 72 valence electrons. The Kier molecular flexibility index (Phi) is 4.46. The fraction of sp³-hybridized carbons (Fsp3) is 0.455. The van der Waals surface area contributed by atoms with Crippen molar-refractivity contribution < 1.29 is 5.11 Å². The zero-order valence-electron chi connectivity index (χ0n) is 7.83. The number of benzene rings is 1. The second-order valence-corrected chi connectivity index (χ2v) is 4.36. The first-order valence-corrected chi connectivity index (χ1v) is 5.37. The van der Waals surface area contributed by atoms with Crippen LogP contribution in [0.2, 0.25) is 0 Å². The summed E-state index contributed by atoms with van der Waals surface area (Å²) in [5.41, 5.74) is 1.34. The van der Waals surface area contributed by atoms with E-state index in [1.807, 2.05) is 0 Å². The molecule has 13 heavy (non-hydrogen) atoms. The summed E-state index contributed by atoms with van der Waals surface area (Å²) in [6.07, 6.45) is 1.93. The molecule has 0 amide bonds. The van der Waals surface area contributed by atoms with E-state index in [9.17, 15) is 0 Å². The number of hydrogen-bond donors (Lipinski definition) is 1. The van der Waals surface area contributed by atoms with E-state index in [4.69, 9.17) is 5.11 Å². The van der Waals surface area contributed by atoms with E-state index < -0.39 is 0 Å². The average Bonchev–Trinajstić information content (AvgIpc) is 2.09. The van der Waals surface area contributed by atoms with Gasteiger partial charge >= 0.3 is 0 Å². The van der Waals surface area contributed by atoms with Gasteiger partial charge in [0.05, 0.1) is 0 Å². The van der Waals surface area contributed by atoms with Gasteiger partial charge in [0, 0.05) is 11.1 Å². The Balaban J connectivity index is 2.49. The van der Waals surface area contributed by atoms with Crippen LogP contribution in [-0.4, -0.2) is 11.7 Å². The van der Waals surface area contributed by atoms with Gasteiger partial charge < -0.3 is 5.11 Å². The zero-order chi connectivity index (χ0) is 9.68. The Hall–Kier alpha value is -0.340. The molecule has 2 heteroatoms. The molecule has 0 radical (unpaired) electrons. The van der Waals surface area contributed by atoms with E-state index in [0.717, 1.165) is 17.3 Å². The van der Waals surface area contributed by atoms with Crippen LogP contribution in [0.5, 0.6) is 0 Å². The Morgan fingerprint density at radius 1 is 1.31 bits per heavy atom. The topological polar surface area (TPSA) is 20.2 Å². The molecule has 0 bridgehead atoms. The van der Waals surface area contributed by atoms with Crippen molar-refractivity contribution in [3.8, 4) is 0 Å². The average molecular weight is 243 g/mol. The highest BCUT2D eigenvalue weighted by molar-refractivity contribution is 9.10. The Labute approximate surface area is 87.9 Å². The van der Waals surface area contributed by atoms with E-state index in [2.05, 4.69) is 47.1 Å². The fourth-order valence-corrected chi connectivity index (χ4v) is 1.61. The van der Waals surface area contributed by atoms with Crippen LogP contribution in [0.15, 0.2) is 28.7 Å². The van der Waals surface area contributed by atoms with Gasteiger partial charge in [0.15, 0.2) is 0 Å². The zero-order valence-corrected chi connectivity index (χ0v) is 9.42. The summed E-state index contributed by atoms with van der Waals surface area (Å²) >= 11 is 3.40. The van der Waals surface area contributed by atoms with Crippen LogP contribution in [0.3, 0.4) is 0 Å². The van der Waals surface area contributed by atoms with Gasteiger partial charge in [-0.15, -0.1) is 0 Å². The minimum absolute atomic E-state index is 0.289. The number of aliphatic hydroxyl groups excluding tert-OH is 1. The van der Waals surface area contributed by atoms with Crippen molar-refractivity contribution >= 4 is 15.9 Å². The minimum Gasteiger partial charge on any atom is -0.396 e. The predicted molar refractivity (Wildman–Crippen MR) is 58.7 cm³/mol. The molecule has 0 aliphatic carbocycles. The maximum absolute atomic E-state index is 8.75. The lowest BCUT2D eigenvalue weighted by atomic mass is 9.99. The third kappa shape index (κ3) is 3.92. The van der Waals surface area contributed by atoms with Crippen molar-refractivity contribution in [3.05, 3.63) is 34.3 Å². The van der Waals surface area contributed by atoms with Crippen LogP contribution in [0.1, 0.15) is 18.9 Å². The second-order valence-electron chi connectivity index (χ2n) is 3.45. The lowest BCUT2D eigenvalue weighted by Crippen LogP contribution is -2.01. The molecule has 0 aliphatic rings. The van der Waals surface area contributed by atoms with Crippen LogP contribution in [0.25, 0.3) is 0 Å². The van der Waals surface area contributed by atoms with Crippen LogP contribution < -0.4 is 0 Å². The van der Waals surface area contributed by atoms with Gasteiger partial charge in [0.2, 0.25) is 0 Å². The van der Waals surface area contributed by atoms with Gasteiger partial charge in [-0.25, -0.2) is 0 Å². The molecular weight excluding hydrogens is 228 g/mol. The van der Waals surface area contributed by atoms with E-state index >= 15 is 0 Å². The van der Waals surface area contributed by atoms with E-state index in [0.29, 0.717) is 5.92 Å².